The number of rotatable bonds is 4. The standard InChI is InChI=1S/C14H20N4O3S.ClH/c1-3-13-12-5-11(7-16-14(12)21-17-13)22(19,20)18-8-10(6-15)4-9(18)2;/h5,7,9-10H,3-4,6,8,15H2,1-2H3;1H. The summed E-state index contributed by atoms with van der Waals surface area (Å²) in [5.41, 5.74) is 6.77. The summed E-state index contributed by atoms with van der Waals surface area (Å²) in [7, 11) is -3.58. The molecule has 9 heteroatoms. The second-order valence-corrected chi connectivity index (χ2v) is 7.66. The van der Waals surface area contributed by atoms with Crippen molar-refractivity contribution in [3.8, 4) is 0 Å². The van der Waals surface area contributed by atoms with E-state index >= 15 is 0 Å². The molecule has 2 unspecified atom stereocenters. The summed E-state index contributed by atoms with van der Waals surface area (Å²) in [6.07, 6.45) is 2.79. The van der Waals surface area contributed by atoms with E-state index in [1.54, 1.807) is 6.07 Å². The fraction of sp³-hybridized carbons (Fsp3) is 0.571. The summed E-state index contributed by atoms with van der Waals surface area (Å²) < 4.78 is 32.4. The molecule has 1 saturated heterocycles. The Morgan fingerprint density at radius 2 is 2.22 bits per heavy atom. The second kappa shape index (κ2) is 6.72. The molecule has 0 radical (unpaired) electrons. The molecule has 2 N–H and O–H groups in total. The zero-order valence-electron chi connectivity index (χ0n) is 13.1. The number of aryl methyl sites for hydroxylation is 1. The van der Waals surface area contributed by atoms with Gasteiger partial charge in [-0.25, -0.2) is 13.4 Å². The molecule has 1 aliphatic heterocycles. The number of fused-ring (bicyclic) bond motifs is 1. The molecule has 7 nitrogen and oxygen atoms in total. The molecule has 0 bridgehead atoms. The summed E-state index contributed by atoms with van der Waals surface area (Å²) in [4.78, 5) is 4.27. The minimum absolute atomic E-state index is 0. The van der Waals surface area contributed by atoms with E-state index in [4.69, 9.17) is 10.3 Å². The van der Waals surface area contributed by atoms with Crippen LogP contribution in [-0.4, -0.2) is 42.0 Å². The fourth-order valence-corrected chi connectivity index (χ4v) is 4.70. The zero-order valence-corrected chi connectivity index (χ0v) is 14.7. The third-order valence-electron chi connectivity index (χ3n) is 4.26. The molecular formula is C14H21ClN4O3S. The van der Waals surface area contributed by atoms with Crippen molar-refractivity contribution in [2.45, 2.75) is 37.6 Å². The lowest BCUT2D eigenvalue weighted by atomic mass is 10.1. The number of pyridine rings is 1. The zero-order chi connectivity index (χ0) is 15.9. The van der Waals surface area contributed by atoms with E-state index in [9.17, 15) is 8.42 Å². The van der Waals surface area contributed by atoms with Crippen molar-refractivity contribution in [1.29, 1.82) is 0 Å². The van der Waals surface area contributed by atoms with Gasteiger partial charge in [0.1, 0.15) is 4.90 Å². The van der Waals surface area contributed by atoms with Crippen LogP contribution in [0.1, 0.15) is 26.0 Å². The highest BCUT2D eigenvalue weighted by atomic mass is 35.5. The topological polar surface area (TPSA) is 102 Å². The van der Waals surface area contributed by atoms with Gasteiger partial charge in [-0.1, -0.05) is 12.1 Å². The van der Waals surface area contributed by atoms with E-state index in [1.165, 1.54) is 10.5 Å². The minimum atomic E-state index is -3.58. The van der Waals surface area contributed by atoms with Gasteiger partial charge < -0.3 is 10.3 Å². The van der Waals surface area contributed by atoms with Gasteiger partial charge in [0.15, 0.2) is 0 Å². The van der Waals surface area contributed by atoms with E-state index in [2.05, 4.69) is 10.1 Å². The lowest BCUT2D eigenvalue weighted by molar-refractivity contribution is 0.404. The normalized spacial score (nSPS) is 22.4. The van der Waals surface area contributed by atoms with Crippen LogP contribution in [0.4, 0.5) is 0 Å². The Bertz CT molecular complexity index is 792. The monoisotopic (exact) mass is 360 g/mol. The van der Waals surface area contributed by atoms with Crippen LogP contribution in [0.15, 0.2) is 21.7 Å². The van der Waals surface area contributed by atoms with Gasteiger partial charge in [-0.2, -0.15) is 4.31 Å². The van der Waals surface area contributed by atoms with E-state index in [0.717, 1.165) is 6.42 Å². The number of nitrogens with zero attached hydrogens (tertiary/aromatic N) is 3. The summed E-state index contributed by atoms with van der Waals surface area (Å²) in [6.45, 7) is 4.81. The number of sulfonamides is 1. The van der Waals surface area contributed by atoms with Crippen molar-refractivity contribution >= 4 is 33.5 Å². The Morgan fingerprint density at radius 1 is 1.48 bits per heavy atom. The minimum Gasteiger partial charge on any atom is -0.336 e. The van der Waals surface area contributed by atoms with Gasteiger partial charge in [-0.15, -0.1) is 12.4 Å². The molecule has 2 atom stereocenters. The van der Waals surface area contributed by atoms with Gasteiger partial charge in [-0.3, -0.25) is 0 Å². The Kier molecular flexibility index (Phi) is 5.30. The lowest BCUT2D eigenvalue weighted by Crippen LogP contribution is -2.34. The van der Waals surface area contributed by atoms with Gasteiger partial charge in [-0.05, 0) is 38.3 Å². The predicted octanol–water partition coefficient (Wildman–Crippen LogP) is 1.56. The molecular weight excluding hydrogens is 340 g/mol. The van der Waals surface area contributed by atoms with E-state index in [0.29, 0.717) is 36.3 Å². The van der Waals surface area contributed by atoms with Crippen LogP contribution in [-0.2, 0) is 16.4 Å². The quantitative estimate of drug-likeness (QED) is 0.887. The predicted molar refractivity (Wildman–Crippen MR) is 88.9 cm³/mol. The molecule has 0 aliphatic carbocycles. The number of nitrogens with two attached hydrogens (primary N) is 1. The number of aromatic nitrogens is 2. The number of halogens is 1. The highest BCUT2D eigenvalue weighted by molar-refractivity contribution is 7.89. The van der Waals surface area contributed by atoms with Crippen LogP contribution < -0.4 is 5.73 Å². The Morgan fingerprint density at radius 3 is 2.83 bits per heavy atom. The van der Waals surface area contributed by atoms with Gasteiger partial charge in [0.25, 0.3) is 5.71 Å². The highest BCUT2D eigenvalue weighted by Crippen LogP contribution is 2.30. The van der Waals surface area contributed by atoms with Crippen molar-refractivity contribution in [3.63, 3.8) is 0 Å². The second-order valence-electron chi connectivity index (χ2n) is 5.77. The molecule has 0 spiro atoms. The molecule has 0 amide bonds. The smallest absolute Gasteiger partial charge is 0.258 e. The Labute approximate surface area is 141 Å². The molecule has 3 heterocycles. The van der Waals surface area contributed by atoms with Crippen LogP contribution in [0.2, 0.25) is 0 Å². The molecule has 0 saturated carbocycles. The van der Waals surface area contributed by atoms with Crippen LogP contribution >= 0.6 is 12.4 Å². The summed E-state index contributed by atoms with van der Waals surface area (Å²) >= 11 is 0. The molecule has 23 heavy (non-hydrogen) atoms. The molecule has 1 aliphatic rings. The van der Waals surface area contributed by atoms with Crippen molar-refractivity contribution in [1.82, 2.24) is 14.4 Å². The Balaban J connectivity index is 0.00000192. The van der Waals surface area contributed by atoms with Crippen molar-refractivity contribution < 1.29 is 12.9 Å². The van der Waals surface area contributed by atoms with Gasteiger partial charge in [0.2, 0.25) is 10.0 Å². The van der Waals surface area contributed by atoms with Crippen molar-refractivity contribution in [2.75, 3.05) is 13.1 Å². The number of hydrogen-bond acceptors (Lipinski definition) is 6. The van der Waals surface area contributed by atoms with Gasteiger partial charge in [0, 0.05) is 12.6 Å². The third-order valence-corrected chi connectivity index (χ3v) is 6.20. The first-order valence-corrected chi connectivity index (χ1v) is 8.87. The van der Waals surface area contributed by atoms with Crippen molar-refractivity contribution in [3.05, 3.63) is 18.0 Å². The molecule has 2 aromatic rings. The third kappa shape index (κ3) is 3.08. The van der Waals surface area contributed by atoms with Crippen LogP contribution in [0.3, 0.4) is 0 Å². The van der Waals surface area contributed by atoms with Gasteiger partial charge in [0.05, 0.1) is 17.3 Å². The first kappa shape index (κ1) is 18.1. The van der Waals surface area contributed by atoms with E-state index in [-0.39, 0.29) is 29.3 Å². The molecule has 0 aromatic carbocycles. The number of hydrogen-bond donors (Lipinski definition) is 1. The van der Waals surface area contributed by atoms with E-state index in [1.807, 2.05) is 13.8 Å². The highest BCUT2D eigenvalue weighted by Gasteiger charge is 2.37. The SMILES string of the molecule is CCc1noc2ncc(S(=O)(=O)N3CC(CN)CC3C)cc12.Cl. The summed E-state index contributed by atoms with van der Waals surface area (Å²) in [5, 5.41) is 4.57. The summed E-state index contributed by atoms with van der Waals surface area (Å²) in [5.74, 6) is 0.211. The largest absolute Gasteiger partial charge is 0.336 e. The average Bonchev–Trinajstić information content (AvgIpc) is 3.09. The molecule has 3 rings (SSSR count). The van der Waals surface area contributed by atoms with Crippen LogP contribution in [0.5, 0.6) is 0 Å². The lowest BCUT2D eigenvalue weighted by Gasteiger charge is -2.20. The maximum absolute atomic E-state index is 12.9. The van der Waals surface area contributed by atoms with E-state index < -0.39 is 10.0 Å². The van der Waals surface area contributed by atoms with Crippen LogP contribution in [0, 0.1) is 5.92 Å². The Hall–Kier alpha value is -1.22. The maximum atomic E-state index is 12.9. The fourth-order valence-electron chi connectivity index (χ4n) is 3.01. The average molecular weight is 361 g/mol. The first-order chi connectivity index (χ1) is 10.5. The maximum Gasteiger partial charge on any atom is 0.258 e. The molecule has 2 aromatic heterocycles. The molecule has 128 valence electrons. The summed E-state index contributed by atoms with van der Waals surface area (Å²) in [6, 6.07) is 1.55. The van der Waals surface area contributed by atoms with Crippen molar-refractivity contribution in [2.24, 2.45) is 11.7 Å². The first-order valence-electron chi connectivity index (χ1n) is 7.43. The van der Waals surface area contributed by atoms with Crippen LogP contribution in [0.25, 0.3) is 11.1 Å². The molecule has 1 fully saturated rings. The van der Waals surface area contributed by atoms with Gasteiger partial charge >= 0.3 is 0 Å².